The Morgan fingerprint density at radius 2 is 1.95 bits per heavy atom. The second-order valence-corrected chi connectivity index (χ2v) is 4.19. The molecule has 1 aromatic rings. The smallest absolute Gasteiger partial charge is 0.399 e. The van der Waals surface area contributed by atoms with Gasteiger partial charge in [0, 0.05) is 11.3 Å². The summed E-state index contributed by atoms with van der Waals surface area (Å²) in [7, 11) is 0. The van der Waals surface area contributed by atoms with Gasteiger partial charge in [-0.15, -0.1) is 0 Å². The molecule has 104 valence electrons. The molecule has 0 aliphatic carbocycles. The molecule has 0 bridgehead atoms. The van der Waals surface area contributed by atoms with E-state index in [9.17, 15) is 17.6 Å². The summed E-state index contributed by atoms with van der Waals surface area (Å²) in [5.74, 6) is -1.40. The van der Waals surface area contributed by atoms with Crippen LogP contribution in [0.1, 0.15) is 5.56 Å². The molecule has 1 aliphatic heterocycles. The zero-order valence-electron chi connectivity index (χ0n) is 9.67. The van der Waals surface area contributed by atoms with Crippen molar-refractivity contribution in [2.45, 2.75) is 11.7 Å². The van der Waals surface area contributed by atoms with E-state index in [1.807, 2.05) is 0 Å². The molecule has 4 nitrogen and oxygen atoms in total. The van der Waals surface area contributed by atoms with Gasteiger partial charge in [-0.2, -0.15) is 13.2 Å². The number of hydrogen-bond acceptors (Lipinski definition) is 4. The average Bonchev–Trinajstić information content (AvgIpc) is 2.30. The maximum absolute atomic E-state index is 13.7. The first-order valence-electron chi connectivity index (χ1n) is 5.30. The predicted octanol–water partition coefficient (Wildman–Crippen LogP) is 1.55. The molecule has 0 saturated carbocycles. The molecule has 0 saturated heterocycles. The van der Waals surface area contributed by atoms with Crippen molar-refractivity contribution in [3.63, 3.8) is 0 Å². The summed E-state index contributed by atoms with van der Waals surface area (Å²) in [6.45, 7) is -1.06. The van der Waals surface area contributed by atoms with Crippen molar-refractivity contribution in [3.8, 4) is 0 Å². The van der Waals surface area contributed by atoms with Crippen molar-refractivity contribution in [2.75, 3.05) is 18.9 Å². The molecule has 2 rings (SSSR count). The fourth-order valence-corrected chi connectivity index (χ4v) is 1.91. The number of rotatable bonds is 1. The third-order valence-corrected chi connectivity index (χ3v) is 2.80. The van der Waals surface area contributed by atoms with Crippen LogP contribution in [0.4, 0.5) is 23.2 Å². The van der Waals surface area contributed by atoms with Gasteiger partial charge in [0.2, 0.25) is 5.54 Å². The standard InChI is InChI=1S/C11H11F4N3O/c12-8-2-1-6(16)3-7(8)10(11(13,14)15)5-19-4-9(17)18-10/h1-3H,4-5,16H2,(H2,17,18). The molecular formula is C11H11F4N3O. The third kappa shape index (κ3) is 2.23. The second-order valence-electron chi connectivity index (χ2n) is 4.19. The van der Waals surface area contributed by atoms with E-state index in [1.165, 1.54) is 6.07 Å². The number of anilines is 1. The van der Waals surface area contributed by atoms with Crippen LogP contribution in [0.15, 0.2) is 23.2 Å². The van der Waals surface area contributed by atoms with Crippen molar-refractivity contribution >= 4 is 11.5 Å². The Morgan fingerprint density at radius 3 is 2.53 bits per heavy atom. The summed E-state index contributed by atoms with van der Waals surface area (Å²) in [5, 5.41) is 0. The van der Waals surface area contributed by atoms with E-state index in [0.29, 0.717) is 0 Å². The van der Waals surface area contributed by atoms with Crippen LogP contribution in [0.3, 0.4) is 0 Å². The van der Waals surface area contributed by atoms with Crippen LogP contribution in [0.5, 0.6) is 0 Å². The van der Waals surface area contributed by atoms with Crippen LogP contribution in [-0.2, 0) is 10.3 Å². The minimum atomic E-state index is -4.85. The number of hydrogen-bond donors (Lipinski definition) is 2. The second kappa shape index (κ2) is 4.37. The van der Waals surface area contributed by atoms with Gasteiger partial charge < -0.3 is 16.2 Å². The van der Waals surface area contributed by atoms with Crippen LogP contribution in [0.25, 0.3) is 0 Å². The lowest BCUT2D eigenvalue weighted by molar-refractivity contribution is -0.205. The monoisotopic (exact) mass is 277 g/mol. The van der Waals surface area contributed by atoms with Gasteiger partial charge in [-0.3, -0.25) is 0 Å². The van der Waals surface area contributed by atoms with Crippen molar-refractivity contribution < 1.29 is 22.3 Å². The van der Waals surface area contributed by atoms with E-state index in [0.717, 1.165) is 12.1 Å². The molecule has 1 aromatic carbocycles. The van der Waals surface area contributed by atoms with Crippen LogP contribution in [-0.4, -0.2) is 25.2 Å². The van der Waals surface area contributed by atoms with Crippen molar-refractivity contribution in [1.82, 2.24) is 0 Å². The Bertz CT molecular complexity index is 529. The van der Waals surface area contributed by atoms with Crippen LogP contribution >= 0.6 is 0 Å². The average molecular weight is 277 g/mol. The van der Waals surface area contributed by atoms with Crippen LogP contribution in [0.2, 0.25) is 0 Å². The predicted molar refractivity (Wildman–Crippen MR) is 61.0 cm³/mol. The van der Waals surface area contributed by atoms with Crippen molar-refractivity contribution in [2.24, 2.45) is 10.7 Å². The minimum Gasteiger partial charge on any atom is -0.399 e. The SMILES string of the molecule is NC1=NC(c2cc(N)ccc2F)(C(F)(F)F)COC1. The molecule has 0 amide bonds. The summed E-state index contributed by atoms with van der Waals surface area (Å²) in [4.78, 5) is 3.41. The molecule has 1 heterocycles. The fourth-order valence-electron chi connectivity index (χ4n) is 1.91. The molecule has 0 spiro atoms. The molecule has 0 aromatic heterocycles. The number of aliphatic imine (C=N–C) groups is 1. The molecule has 19 heavy (non-hydrogen) atoms. The molecule has 4 N–H and O–H groups in total. The number of benzene rings is 1. The van der Waals surface area contributed by atoms with Gasteiger partial charge >= 0.3 is 6.18 Å². The fraction of sp³-hybridized carbons (Fsp3) is 0.364. The summed E-state index contributed by atoms with van der Waals surface area (Å²) >= 11 is 0. The molecule has 1 aliphatic rings. The lowest BCUT2D eigenvalue weighted by atomic mass is 9.89. The Labute approximate surface area is 106 Å². The van der Waals surface area contributed by atoms with Gasteiger partial charge in [0.25, 0.3) is 0 Å². The summed E-state index contributed by atoms with van der Waals surface area (Å²) in [5.41, 5.74) is 7.18. The number of ether oxygens (including phenoxy) is 1. The molecule has 0 fully saturated rings. The van der Waals surface area contributed by atoms with E-state index >= 15 is 0 Å². The van der Waals surface area contributed by atoms with E-state index in [1.54, 1.807) is 0 Å². The third-order valence-electron chi connectivity index (χ3n) is 2.80. The van der Waals surface area contributed by atoms with E-state index < -0.39 is 29.7 Å². The zero-order chi connectivity index (χ0) is 14.3. The number of halogens is 4. The summed E-state index contributed by atoms with van der Waals surface area (Å²) < 4.78 is 58.5. The van der Waals surface area contributed by atoms with Gasteiger partial charge in [-0.05, 0) is 18.2 Å². The number of nitrogens with two attached hydrogens (primary N) is 2. The Hall–Kier alpha value is -1.83. The summed E-state index contributed by atoms with van der Waals surface area (Å²) in [6, 6.07) is 2.92. The maximum Gasteiger partial charge on any atom is 0.420 e. The van der Waals surface area contributed by atoms with Crippen molar-refractivity contribution in [1.29, 1.82) is 0 Å². The van der Waals surface area contributed by atoms with Gasteiger partial charge in [0.05, 0.1) is 6.61 Å². The topological polar surface area (TPSA) is 73.6 Å². The van der Waals surface area contributed by atoms with E-state index in [2.05, 4.69) is 4.99 Å². The largest absolute Gasteiger partial charge is 0.420 e. The quantitative estimate of drug-likeness (QED) is 0.604. The van der Waals surface area contributed by atoms with E-state index in [4.69, 9.17) is 16.2 Å². The Morgan fingerprint density at radius 1 is 1.26 bits per heavy atom. The molecule has 1 atom stereocenters. The molecule has 1 unspecified atom stereocenters. The first-order chi connectivity index (χ1) is 8.76. The molecule has 0 radical (unpaired) electrons. The lowest BCUT2D eigenvalue weighted by Gasteiger charge is -2.35. The van der Waals surface area contributed by atoms with Gasteiger partial charge in [0.15, 0.2) is 0 Å². The van der Waals surface area contributed by atoms with Gasteiger partial charge in [-0.1, -0.05) is 0 Å². The van der Waals surface area contributed by atoms with Crippen LogP contribution in [0, 0.1) is 5.82 Å². The Balaban J connectivity index is 2.69. The first-order valence-corrected chi connectivity index (χ1v) is 5.30. The number of alkyl halides is 3. The van der Waals surface area contributed by atoms with Gasteiger partial charge in [-0.25, -0.2) is 9.38 Å². The van der Waals surface area contributed by atoms with E-state index in [-0.39, 0.29) is 18.1 Å². The normalized spacial score (nSPS) is 24.1. The van der Waals surface area contributed by atoms with Gasteiger partial charge in [0.1, 0.15) is 18.3 Å². The van der Waals surface area contributed by atoms with Crippen molar-refractivity contribution in [3.05, 3.63) is 29.6 Å². The minimum absolute atomic E-state index is 0.000583. The lowest BCUT2D eigenvalue weighted by Crippen LogP contribution is -2.50. The summed E-state index contributed by atoms with van der Waals surface area (Å²) in [6.07, 6.45) is -4.85. The number of amidine groups is 1. The van der Waals surface area contributed by atoms with Crippen LogP contribution < -0.4 is 11.5 Å². The Kier molecular flexibility index (Phi) is 3.13. The first kappa shape index (κ1) is 13.6. The highest BCUT2D eigenvalue weighted by molar-refractivity contribution is 5.82. The number of nitrogen functional groups attached to an aromatic ring is 1. The molecule has 8 heteroatoms. The molecular weight excluding hydrogens is 266 g/mol. The highest BCUT2D eigenvalue weighted by Gasteiger charge is 2.59. The maximum atomic E-state index is 13.7. The highest BCUT2D eigenvalue weighted by Crippen LogP contribution is 2.45. The zero-order valence-corrected chi connectivity index (χ0v) is 9.67. The number of nitrogens with zero attached hydrogens (tertiary/aromatic N) is 1. The highest BCUT2D eigenvalue weighted by atomic mass is 19.4.